The zero-order valence-electron chi connectivity index (χ0n) is 70.5. The highest BCUT2D eigenvalue weighted by Crippen LogP contribution is 2.45. The largest absolute Gasteiger partial charge is 0.549 e. The minimum Gasteiger partial charge on any atom is -0.493 e. The van der Waals surface area contributed by atoms with Gasteiger partial charge in [0.25, 0.3) is 0 Å². The number of hydrogen-bond donors (Lipinski definition) is 0. The first-order valence-electron chi connectivity index (χ1n) is 35.8. The predicted octanol–water partition coefficient (Wildman–Crippen LogP) is 9.94. The number of carbonyl (C=O) groups excluding carboxylic acids is 12. The molecule has 686 valence electrons. The Morgan fingerprint density at radius 2 is 0.333 bits per heavy atom. The topological polar surface area (TPSA) is 537 Å². The molecule has 6 rings (SSSR count). The average Bonchev–Trinajstić information content (AvgIpc) is 0.842. The molecule has 48 heteroatoms. The lowest BCUT2D eigenvalue weighted by Gasteiger charge is -2.36. The molecular weight excluding hydrogens is 1700 g/mol. The third-order valence-corrected chi connectivity index (χ3v) is 17.3. The molecule has 4 unspecified atom stereocenters. The maximum absolute atomic E-state index is 14.1. The van der Waals surface area contributed by atoms with E-state index < -0.39 is 160 Å². The van der Waals surface area contributed by atoms with Crippen molar-refractivity contribution >= 4 is 72.7 Å². The summed E-state index contributed by atoms with van der Waals surface area (Å²) in [6, 6.07) is 13.2. The van der Waals surface area contributed by atoms with Crippen molar-refractivity contribution in [2.24, 2.45) is 23.7 Å². The van der Waals surface area contributed by atoms with Gasteiger partial charge in [0.2, 0.25) is 34.5 Å². The lowest BCUT2D eigenvalue weighted by Crippen LogP contribution is -2.41. The maximum atomic E-state index is 14.1. The first-order valence-corrected chi connectivity index (χ1v) is 35.8. The van der Waals surface area contributed by atoms with E-state index in [1.807, 2.05) is 0 Å². The second-order valence-electron chi connectivity index (χ2n) is 24.1. The standard InChI is InChI=1S/C78H86O48/c1-91-49-23-41(24-50(92-2)61(49)103-13)67(79)115-121-73(85)109-21-19-39(35-111-75(87)123-117-69(81)43-27-53(95-5)63(105-15)54(28-43)96-6)47(37-113-77(89)125-119-71(83)45-31-57(99-9)65(107-17)58(32-45)100-10)48(38-114-78(90)126-120-72(84)46-33-59(101-11)66(108-18)60(34-46)102-12)40(36-112-76(88)124-118-70(82)44-29-55(97-7)64(106-16)56(30-44)98-8)20-22-110-74(86)122-116-68(80)42-25-51(93-3)62(104-14)52(26-42)94-4/h23-34,39-40,47-48H,19-22,35-38H2,1-18H3. The van der Waals surface area contributed by atoms with Gasteiger partial charge in [-0.3, -0.25) is 0 Å². The fraction of sp³-hybridized carbons (Fsp3) is 0.385. The molecule has 0 aliphatic carbocycles. The van der Waals surface area contributed by atoms with Crippen LogP contribution in [0.25, 0.3) is 0 Å². The molecule has 4 atom stereocenters. The summed E-state index contributed by atoms with van der Waals surface area (Å²) in [4.78, 5) is 222. The molecule has 0 bridgehead atoms. The number of hydrogen-bond acceptors (Lipinski definition) is 48. The monoisotopic (exact) mass is 1790 g/mol. The van der Waals surface area contributed by atoms with Gasteiger partial charge in [0, 0.05) is 23.7 Å². The van der Waals surface area contributed by atoms with Crippen molar-refractivity contribution in [3.05, 3.63) is 106 Å². The zero-order valence-corrected chi connectivity index (χ0v) is 70.5. The Morgan fingerprint density at radius 1 is 0.190 bits per heavy atom. The van der Waals surface area contributed by atoms with E-state index in [0.717, 1.165) is 72.8 Å². The molecule has 0 aromatic heterocycles. The SMILES string of the molecule is COc1cc(C(=O)OOC(=O)OCCC(COC(=O)OOC(=O)c2cc(OC)c(OC)c(OC)c2)C(COC(=O)OOC(=O)c2cc(OC)c(OC)c(OC)c2)C(COC(=O)OOC(=O)c2cc(OC)c(OC)c(OC)c2)C(CCOC(=O)OOC(=O)c2cc(OC)c(OC)c(OC)c2)COC(=O)OOC(=O)c2cc(OC)c(OC)c(OC)c2)cc(OC)c1OC. The third-order valence-electron chi connectivity index (χ3n) is 17.3. The summed E-state index contributed by atoms with van der Waals surface area (Å²) in [5, 5.41) is 0. The van der Waals surface area contributed by atoms with Gasteiger partial charge in [-0.05, 0) is 85.6 Å². The van der Waals surface area contributed by atoms with Crippen LogP contribution in [-0.4, -0.2) is 240 Å². The van der Waals surface area contributed by atoms with Crippen molar-refractivity contribution in [2.75, 3.05) is 168 Å². The van der Waals surface area contributed by atoms with Gasteiger partial charge in [0.1, 0.15) is 0 Å². The van der Waals surface area contributed by atoms with Crippen LogP contribution in [-0.2, 0) is 87.1 Å². The van der Waals surface area contributed by atoms with Crippen LogP contribution in [0.15, 0.2) is 72.8 Å². The van der Waals surface area contributed by atoms with E-state index in [9.17, 15) is 57.5 Å². The molecule has 6 aromatic rings. The summed E-state index contributed by atoms with van der Waals surface area (Å²) < 4.78 is 128. The average molecular weight is 1790 g/mol. The highest BCUT2D eigenvalue weighted by atomic mass is 17.3. The van der Waals surface area contributed by atoms with Crippen LogP contribution in [0.2, 0.25) is 0 Å². The lowest BCUT2D eigenvalue weighted by atomic mass is 9.74. The molecule has 0 saturated heterocycles. The Labute approximate surface area is 714 Å². The first kappa shape index (κ1) is 99.0. The van der Waals surface area contributed by atoms with Gasteiger partial charge in [-0.1, -0.05) is 0 Å². The molecule has 48 nitrogen and oxygen atoms in total. The smallest absolute Gasteiger partial charge is 0.493 e. The molecule has 0 aliphatic rings. The van der Waals surface area contributed by atoms with Gasteiger partial charge in [0.15, 0.2) is 69.0 Å². The van der Waals surface area contributed by atoms with E-state index in [0.29, 0.717) is 0 Å². The Morgan fingerprint density at radius 3 is 0.476 bits per heavy atom. The van der Waals surface area contributed by atoms with Crippen LogP contribution in [0.3, 0.4) is 0 Å². The van der Waals surface area contributed by atoms with Crippen LogP contribution in [0, 0.1) is 23.7 Å². The second kappa shape index (κ2) is 49.8. The van der Waals surface area contributed by atoms with Gasteiger partial charge in [-0.2, -0.15) is 28.8 Å². The number of ether oxygens (including phenoxy) is 24. The molecule has 0 fully saturated rings. The van der Waals surface area contributed by atoms with Crippen molar-refractivity contribution < 1.29 is 230 Å². The van der Waals surface area contributed by atoms with Crippen molar-refractivity contribution in [3.8, 4) is 103 Å². The highest BCUT2D eigenvalue weighted by molar-refractivity contribution is 5.95. The lowest BCUT2D eigenvalue weighted by molar-refractivity contribution is -0.212. The molecule has 0 aliphatic heterocycles. The van der Waals surface area contributed by atoms with Crippen LogP contribution >= 0.6 is 0 Å². The predicted molar refractivity (Wildman–Crippen MR) is 407 cm³/mol. The van der Waals surface area contributed by atoms with Gasteiger partial charge >= 0.3 is 72.7 Å². The first-order chi connectivity index (χ1) is 60.6. The number of benzene rings is 6. The molecular formula is C78H86O48. The fourth-order valence-electron chi connectivity index (χ4n) is 11.4. The number of methoxy groups -OCH3 is 18. The summed E-state index contributed by atoms with van der Waals surface area (Å²) in [5.74, 6) is -16.5. The Balaban J connectivity index is 1.51. The quantitative estimate of drug-likeness (QED) is 0.0149. The molecule has 6 aromatic carbocycles. The van der Waals surface area contributed by atoms with E-state index in [2.05, 4.69) is 0 Å². The highest BCUT2D eigenvalue weighted by Gasteiger charge is 2.41. The van der Waals surface area contributed by atoms with Crippen LogP contribution in [0.1, 0.15) is 75.0 Å². The molecule has 0 radical (unpaired) electrons. The summed E-state index contributed by atoms with van der Waals surface area (Å²) in [6.45, 7) is -6.93. The van der Waals surface area contributed by atoms with Crippen molar-refractivity contribution in [1.82, 2.24) is 0 Å². The van der Waals surface area contributed by atoms with Crippen LogP contribution in [0.4, 0.5) is 28.8 Å². The van der Waals surface area contributed by atoms with Gasteiger partial charge < -0.3 is 114 Å². The van der Waals surface area contributed by atoms with Gasteiger partial charge in [-0.25, -0.2) is 87.4 Å². The van der Waals surface area contributed by atoms with Crippen LogP contribution < -0.4 is 85.3 Å². The zero-order chi connectivity index (χ0) is 92.7. The van der Waals surface area contributed by atoms with Crippen LogP contribution in [0.5, 0.6) is 103 Å². The maximum Gasteiger partial charge on any atom is 0.549 e. The Kier molecular flexibility index (Phi) is 39.1. The van der Waals surface area contributed by atoms with Crippen molar-refractivity contribution in [3.63, 3.8) is 0 Å². The molecule has 126 heavy (non-hydrogen) atoms. The molecule has 0 saturated carbocycles. The van der Waals surface area contributed by atoms with E-state index in [4.69, 9.17) is 172 Å². The summed E-state index contributed by atoms with van der Waals surface area (Å²) in [6.07, 6.45) is -12.8. The summed E-state index contributed by atoms with van der Waals surface area (Å²) in [5.41, 5.74) is -2.26. The van der Waals surface area contributed by atoms with E-state index in [1.165, 1.54) is 128 Å². The number of rotatable bonds is 41. The van der Waals surface area contributed by atoms with Crippen molar-refractivity contribution in [1.29, 1.82) is 0 Å². The van der Waals surface area contributed by atoms with Gasteiger partial charge in [-0.15, -0.1) is 0 Å². The summed E-state index contributed by atoms with van der Waals surface area (Å²) >= 11 is 0. The van der Waals surface area contributed by atoms with E-state index in [1.54, 1.807) is 0 Å². The number of carbonyl (C=O) groups is 12. The Bertz CT molecular complexity index is 4340. The third kappa shape index (κ3) is 27.1. The normalized spacial score (nSPS) is 11.3. The fourth-order valence-corrected chi connectivity index (χ4v) is 11.4. The van der Waals surface area contributed by atoms with E-state index >= 15 is 0 Å². The minimum absolute atomic E-state index is 0.00523. The molecule has 0 amide bonds. The second-order valence-corrected chi connectivity index (χ2v) is 24.1. The minimum atomic E-state index is -1.93. The Hall–Kier alpha value is -15.8. The van der Waals surface area contributed by atoms with Gasteiger partial charge in [0.05, 0.1) is 201 Å². The van der Waals surface area contributed by atoms with Crippen molar-refractivity contribution in [2.45, 2.75) is 12.8 Å². The molecule has 0 heterocycles. The molecule has 0 N–H and O–H groups in total. The molecule has 0 spiro atoms. The summed E-state index contributed by atoms with van der Waals surface area (Å²) in [7, 11) is 22.2. The van der Waals surface area contributed by atoms with E-state index in [-0.39, 0.29) is 126 Å².